The van der Waals surface area contributed by atoms with Crippen LogP contribution in [0.3, 0.4) is 0 Å². The molecule has 0 radical (unpaired) electrons. The summed E-state index contributed by atoms with van der Waals surface area (Å²) in [5, 5.41) is 24.9. The first kappa shape index (κ1) is 14.7. The van der Waals surface area contributed by atoms with E-state index in [1.54, 1.807) is 12.4 Å². The van der Waals surface area contributed by atoms with E-state index >= 15 is 0 Å². The zero-order valence-corrected chi connectivity index (χ0v) is 11.0. The molecule has 0 saturated carbocycles. The van der Waals surface area contributed by atoms with E-state index in [2.05, 4.69) is 27.5 Å². The van der Waals surface area contributed by atoms with Crippen molar-refractivity contribution >= 4 is 11.6 Å². The van der Waals surface area contributed by atoms with Gasteiger partial charge in [0.05, 0.1) is 31.1 Å². The summed E-state index contributed by atoms with van der Waals surface area (Å²) in [6, 6.07) is 0. The fraction of sp³-hybridized carbons (Fsp3) is 0.667. The first-order valence-electron chi connectivity index (χ1n) is 6.25. The van der Waals surface area contributed by atoms with Crippen molar-refractivity contribution in [2.75, 3.05) is 30.4 Å². The van der Waals surface area contributed by atoms with Crippen molar-refractivity contribution < 1.29 is 10.2 Å². The number of hydrogen-bond acceptors (Lipinski definition) is 6. The normalized spacial score (nSPS) is 11.3. The van der Waals surface area contributed by atoms with Gasteiger partial charge in [0.15, 0.2) is 0 Å². The number of anilines is 2. The minimum atomic E-state index is -0.752. The second-order valence-electron chi connectivity index (χ2n) is 4.29. The summed E-state index contributed by atoms with van der Waals surface area (Å²) < 4.78 is 0. The van der Waals surface area contributed by atoms with E-state index in [0.717, 1.165) is 13.0 Å². The van der Waals surface area contributed by atoms with Crippen LogP contribution in [-0.4, -0.2) is 45.5 Å². The first-order chi connectivity index (χ1) is 8.69. The van der Waals surface area contributed by atoms with E-state index in [-0.39, 0.29) is 13.2 Å². The summed E-state index contributed by atoms with van der Waals surface area (Å²) in [6.07, 6.45) is 4.82. The Bertz CT molecular complexity index is 347. The minimum Gasteiger partial charge on any atom is -0.394 e. The average Bonchev–Trinajstić information content (AvgIpc) is 2.43. The van der Waals surface area contributed by atoms with Crippen LogP contribution >= 0.6 is 0 Å². The number of aromatic nitrogens is 2. The molecule has 4 N–H and O–H groups in total. The maximum atomic E-state index is 9.36. The summed E-state index contributed by atoms with van der Waals surface area (Å²) >= 11 is 0. The number of aliphatic hydroxyl groups excluding tert-OH is 2. The molecule has 0 aliphatic rings. The molecule has 0 bridgehead atoms. The van der Waals surface area contributed by atoms with Crippen LogP contribution in [0.25, 0.3) is 0 Å². The molecule has 18 heavy (non-hydrogen) atoms. The Kier molecular flexibility index (Phi) is 5.80. The van der Waals surface area contributed by atoms with Gasteiger partial charge in [-0.25, -0.2) is 4.98 Å². The van der Waals surface area contributed by atoms with Crippen molar-refractivity contribution in [2.45, 2.75) is 32.2 Å². The molecule has 0 amide bonds. The summed E-state index contributed by atoms with van der Waals surface area (Å²) in [5.74, 6) is 1.23. The van der Waals surface area contributed by atoms with Crippen LogP contribution in [0.1, 0.15) is 26.7 Å². The van der Waals surface area contributed by atoms with Gasteiger partial charge in [-0.15, -0.1) is 0 Å². The molecule has 102 valence electrons. The lowest BCUT2D eigenvalue weighted by Crippen LogP contribution is -2.45. The Labute approximate surface area is 107 Å². The van der Waals surface area contributed by atoms with Gasteiger partial charge in [-0.2, -0.15) is 0 Å². The largest absolute Gasteiger partial charge is 0.394 e. The Balaban J connectivity index is 2.77. The highest BCUT2D eigenvalue weighted by atomic mass is 16.3. The number of nitrogens with one attached hydrogen (secondary N) is 2. The van der Waals surface area contributed by atoms with Gasteiger partial charge in [0.25, 0.3) is 0 Å². The van der Waals surface area contributed by atoms with Crippen molar-refractivity contribution in [3.8, 4) is 0 Å². The molecule has 6 heteroatoms. The molecule has 0 atom stereocenters. The van der Waals surface area contributed by atoms with E-state index < -0.39 is 5.54 Å². The monoisotopic (exact) mass is 254 g/mol. The lowest BCUT2D eigenvalue weighted by atomic mass is 9.99. The second kappa shape index (κ2) is 7.13. The number of nitrogens with zero attached hydrogens (tertiary/aromatic N) is 2. The SMILES string of the molecule is CCCNc1cncc(NC(CC)(CO)CO)n1. The Morgan fingerprint density at radius 3 is 2.39 bits per heavy atom. The summed E-state index contributed by atoms with van der Waals surface area (Å²) in [7, 11) is 0. The molecule has 0 saturated heterocycles. The topological polar surface area (TPSA) is 90.3 Å². The second-order valence-corrected chi connectivity index (χ2v) is 4.29. The van der Waals surface area contributed by atoms with Gasteiger partial charge in [0, 0.05) is 6.54 Å². The van der Waals surface area contributed by atoms with Gasteiger partial charge in [0.1, 0.15) is 11.6 Å². The summed E-state index contributed by atoms with van der Waals surface area (Å²) in [5.41, 5.74) is -0.752. The van der Waals surface area contributed by atoms with Crippen molar-refractivity contribution in [3.63, 3.8) is 0 Å². The van der Waals surface area contributed by atoms with Crippen LogP contribution in [0.5, 0.6) is 0 Å². The molecule has 0 aliphatic carbocycles. The van der Waals surface area contributed by atoms with Crippen LogP contribution in [0, 0.1) is 0 Å². The third-order valence-electron chi connectivity index (χ3n) is 2.87. The Hall–Kier alpha value is -1.40. The van der Waals surface area contributed by atoms with E-state index in [9.17, 15) is 10.2 Å². The zero-order valence-electron chi connectivity index (χ0n) is 11.0. The predicted octanol–water partition coefficient (Wildman–Crippen LogP) is 0.844. The van der Waals surface area contributed by atoms with E-state index in [4.69, 9.17) is 0 Å². The Morgan fingerprint density at radius 1 is 1.17 bits per heavy atom. The van der Waals surface area contributed by atoms with Crippen molar-refractivity contribution in [3.05, 3.63) is 12.4 Å². The molecule has 0 spiro atoms. The van der Waals surface area contributed by atoms with Crippen LogP contribution in [0.4, 0.5) is 11.6 Å². The molecule has 0 fully saturated rings. The number of rotatable bonds is 8. The molecular weight excluding hydrogens is 232 g/mol. The predicted molar refractivity (Wildman–Crippen MR) is 71.6 cm³/mol. The maximum absolute atomic E-state index is 9.36. The van der Waals surface area contributed by atoms with E-state index in [1.807, 2.05) is 6.92 Å². The molecular formula is C12H22N4O2. The standard InChI is InChI=1S/C12H22N4O2/c1-3-5-14-10-6-13-7-11(15-10)16-12(4-2,8-17)9-18/h6-7,17-18H,3-5,8-9H2,1-2H3,(H2,14,15,16). The van der Waals surface area contributed by atoms with Crippen molar-refractivity contribution in [1.82, 2.24) is 9.97 Å². The molecule has 0 unspecified atom stereocenters. The van der Waals surface area contributed by atoms with Gasteiger partial charge < -0.3 is 20.8 Å². The van der Waals surface area contributed by atoms with Gasteiger partial charge in [-0.1, -0.05) is 13.8 Å². The highest BCUT2D eigenvalue weighted by Crippen LogP contribution is 2.17. The van der Waals surface area contributed by atoms with Crippen LogP contribution < -0.4 is 10.6 Å². The van der Waals surface area contributed by atoms with E-state index in [0.29, 0.717) is 18.1 Å². The molecule has 1 aromatic heterocycles. The van der Waals surface area contributed by atoms with Gasteiger partial charge in [-0.3, -0.25) is 4.98 Å². The van der Waals surface area contributed by atoms with Gasteiger partial charge in [-0.05, 0) is 12.8 Å². The lowest BCUT2D eigenvalue weighted by Gasteiger charge is -2.30. The molecule has 0 aromatic carbocycles. The van der Waals surface area contributed by atoms with Gasteiger partial charge in [0.2, 0.25) is 0 Å². The Morgan fingerprint density at radius 2 is 1.83 bits per heavy atom. The first-order valence-corrected chi connectivity index (χ1v) is 6.25. The molecule has 1 aromatic rings. The van der Waals surface area contributed by atoms with E-state index in [1.165, 1.54) is 0 Å². The highest BCUT2D eigenvalue weighted by molar-refractivity contribution is 5.43. The third kappa shape index (κ3) is 3.82. The summed E-state index contributed by atoms with van der Waals surface area (Å²) in [4.78, 5) is 8.41. The number of hydrogen-bond donors (Lipinski definition) is 4. The fourth-order valence-electron chi connectivity index (χ4n) is 1.48. The molecule has 0 aliphatic heterocycles. The summed E-state index contributed by atoms with van der Waals surface area (Å²) in [6.45, 7) is 4.48. The maximum Gasteiger partial charge on any atom is 0.147 e. The van der Waals surface area contributed by atoms with Crippen molar-refractivity contribution in [2.24, 2.45) is 0 Å². The molecule has 1 rings (SSSR count). The van der Waals surface area contributed by atoms with Crippen molar-refractivity contribution in [1.29, 1.82) is 0 Å². The van der Waals surface area contributed by atoms with Gasteiger partial charge >= 0.3 is 0 Å². The van der Waals surface area contributed by atoms with Crippen LogP contribution in [0.15, 0.2) is 12.4 Å². The minimum absolute atomic E-state index is 0.158. The molecule has 1 heterocycles. The fourth-order valence-corrected chi connectivity index (χ4v) is 1.48. The lowest BCUT2D eigenvalue weighted by molar-refractivity contribution is 0.132. The van der Waals surface area contributed by atoms with Crippen LogP contribution in [0.2, 0.25) is 0 Å². The smallest absolute Gasteiger partial charge is 0.147 e. The zero-order chi connectivity index (χ0) is 13.4. The molecule has 6 nitrogen and oxygen atoms in total. The average molecular weight is 254 g/mol. The number of aliphatic hydroxyl groups is 2. The highest BCUT2D eigenvalue weighted by Gasteiger charge is 2.26. The third-order valence-corrected chi connectivity index (χ3v) is 2.87. The quantitative estimate of drug-likeness (QED) is 0.550. The van der Waals surface area contributed by atoms with Crippen LogP contribution in [-0.2, 0) is 0 Å².